The Morgan fingerprint density at radius 3 is 2.28 bits per heavy atom. The molecule has 3 N–H and O–H groups in total. The molecular weight excluding hydrogens is 240 g/mol. The van der Waals surface area contributed by atoms with Crippen molar-refractivity contribution in [3.63, 3.8) is 0 Å². The van der Waals surface area contributed by atoms with E-state index in [1.807, 2.05) is 0 Å². The number of carboxylic acids is 1. The van der Waals surface area contributed by atoms with Gasteiger partial charge < -0.3 is 10.8 Å². The zero-order valence-corrected chi connectivity index (χ0v) is 9.83. The molecular formula is C13H15F2NO2. The lowest BCUT2D eigenvalue weighted by Gasteiger charge is -2.28. The van der Waals surface area contributed by atoms with Gasteiger partial charge in [-0.2, -0.15) is 0 Å². The number of hydrogen-bond donors (Lipinski definition) is 2. The van der Waals surface area contributed by atoms with Gasteiger partial charge in [-0.05, 0) is 30.0 Å². The Hall–Kier alpha value is -1.49. The van der Waals surface area contributed by atoms with E-state index in [4.69, 9.17) is 5.73 Å². The van der Waals surface area contributed by atoms with Gasteiger partial charge in [-0.3, -0.25) is 4.79 Å². The molecule has 1 unspecified atom stereocenters. The molecule has 0 radical (unpaired) electrons. The average Bonchev–Trinajstić information content (AvgIpc) is 3.07. The Morgan fingerprint density at radius 1 is 1.33 bits per heavy atom. The van der Waals surface area contributed by atoms with Gasteiger partial charge in [0.25, 0.3) is 0 Å². The lowest BCUT2D eigenvalue weighted by Crippen LogP contribution is -2.43. The second-order valence-electron chi connectivity index (χ2n) is 4.90. The van der Waals surface area contributed by atoms with Crippen molar-refractivity contribution in [2.24, 2.45) is 11.7 Å². The van der Waals surface area contributed by atoms with Crippen LogP contribution in [0.25, 0.3) is 0 Å². The van der Waals surface area contributed by atoms with Crippen molar-refractivity contribution >= 4 is 5.97 Å². The molecule has 1 aromatic carbocycles. The number of halogens is 2. The highest BCUT2D eigenvalue weighted by molar-refractivity contribution is 5.82. The molecule has 1 fully saturated rings. The Kier molecular flexibility index (Phi) is 3.34. The van der Waals surface area contributed by atoms with E-state index in [0.717, 1.165) is 31.0 Å². The van der Waals surface area contributed by atoms with Crippen LogP contribution in [0.3, 0.4) is 0 Å². The normalized spacial score (nSPS) is 18.4. The number of hydrogen-bond acceptors (Lipinski definition) is 2. The van der Waals surface area contributed by atoms with Gasteiger partial charge in [0.2, 0.25) is 0 Å². The van der Waals surface area contributed by atoms with E-state index in [1.54, 1.807) is 0 Å². The molecule has 1 aromatic rings. The van der Waals surface area contributed by atoms with Crippen LogP contribution in [-0.4, -0.2) is 17.6 Å². The van der Waals surface area contributed by atoms with Crippen molar-refractivity contribution in [2.75, 3.05) is 6.54 Å². The summed E-state index contributed by atoms with van der Waals surface area (Å²) in [6, 6.07) is 2.85. The largest absolute Gasteiger partial charge is 0.481 e. The molecule has 1 atom stereocenters. The number of aliphatic carboxylic acids is 1. The van der Waals surface area contributed by atoms with E-state index in [-0.39, 0.29) is 18.0 Å². The minimum Gasteiger partial charge on any atom is -0.481 e. The molecule has 0 aromatic heterocycles. The number of rotatable bonds is 5. The SMILES string of the molecule is NCC(CC1CC1)(C(=O)O)c1cc(F)cc(F)c1. The van der Waals surface area contributed by atoms with E-state index < -0.39 is 23.0 Å². The van der Waals surface area contributed by atoms with Gasteiger partial charge in [0.15, 0.2) is 0 Å². The standard InChI is InChI=1S/C13H15F2NO2/c14-10-3-9(4-11(15)5-10)13(7-16,12(17)18)6-8-1-2-8/h3-5,8H,1-2,6-7,16H2,(H,17,18). The minimum absolute atomic E-state index is 0.113. The maximum atomic E-state index is 13.2. The first-order valence-electron chi connectivity index (χ1n) is 5.88. The second kappa shape index (κ2) is 4.65. The molecule has 18 heavy (non-hydrogen) atoms. The smallest absolute Gasteiger partial charge is 0.315 e. The molecule has 0 amide bonds. The van der Waals surface area contributed by atoms with Crippen molar-refractivity contribution in [3.05, 3.63) is 35.4 Å². The van der Waals surface area contributed by atoms with Crippen LogP contribution in [0.5, 0.6) is 0 Å². The van der Waals surface area contributed by atoms with Crippen molar-refractivity contribution in [2.45, 2.75) is 24.7 Å². The number of nitrogens with two attached hydrogens (primary N) is 1. The highest BCUT2D eigenvalue weighted by Crippen LogP contribution is 2.42. The van der Waals surface area contributed by atoms with E-state index in [0.29, 0.717) is 6.42 Å². The maximum absolute atomic E-state index is 13.2. The van der Waals surface area contributed by atoms with E-state index in [1.165, 1.54) is 0 Å². The third-order valence-electron chi connectivity index (χ3n) is 3.51. The summed E-state index contributed by atoms with van der Waals surface area (Å²) in [7, 11) is 0. The van der Waals surface area contributed by atoms with Gasteiger partial charge in [0.05, 0.1) is 0 Å². The van der Waals surface area contributed by atoms with Gasteiger partial charge in [-0.25, -0.2) is 8.78 Å². The van der Waals surface area contributed by atoms with Gasteiger partial charge >= 0.3 is 5.97 Å². The van der Waals surface area contributed by atoms with Crippen LogP contribution >= 0.6 is 0 Å². The van der Waals surface area contributed by atoms with Crippen molar-refractivity contribution in [3.8, 4) is 0 Å². The maximum Gasteiger partial charge on any atom is 0.315 e. The molecule has 0 aliphatic heterocycles. The predicted molar refractivity (Wildman–Crippen MR) is 62.1 cm³/mol. The van der Waals surface area contributed by atoms with Gasteiger partial charge in [-0.1, -0.05) is 12.8 Å². The van der Waals surface area contributed by atoms with Gasteiger partial charge in [0.1, 0.15) is 17.0 Å². The summed E-state index contributed by atoms with van der Waals surface area (Å²) in [5.74, 6) is -2.39. The summed E-state index contributed by atoms with van der Waals surface area (Å²) in [4.78, 5) is 11.5. The Bertz CT molecular complexity index is 454. The fraction of sp³-hybridized carbons (Fsp3) is 0.462. The van der Waals surface area contributed by atoms with Gasteiger partial charge in [-0.15, -0.1) is 0 Å². The van der Waals surface area contributed by atoms with Crippen molar-refractivity contribution in [1.82, 2.24) is 0 Å². The van der Waals surface area contributed by atoms with Crippen LogP contribution in [0.15, 0.2) is 18.2 Å². The van der Waals surface area contributed by atoms with Crippen LogP contribution < -0.4 is 5.73 Å². The fourth-order valence-corrected chi connectivity index (χ4v) is 2.26. The second-order valence-corrected chi connectivity index (χ2v) is 4.90. The highest BCUT2D eigenvalue weighted by Gasteiger charge is 2.44. The quantitative estimate of drug-likeness (QED) is 0.846. The van der Waals surface area contributed by atoms with Crippen LogP contribution in [-0.2, 0) is 10.2 Å². The zero-order valence-electron chi connectivity index (χ0n) is 9.83. The number of carbonyl (C=O) groups is 1. The number of benzene rings is 1. The Labute approximate surface area is 104 Å². The van der Waals surface area contributed by atoms with Crippen LogP contribution in [0.2, 0.25) is 0 Å². The summed E-state index contributed by atoms with van der Waals surface area (Å²) in [5, 5.41) is 9.41. The van der Waals surface area contributed by atoms with Crippen LogP contribution in [0.4, 0.5) is 8.78 Å². The summed E-state index contributed by atoms with van der Waals surface area (Å²) in [5.41, 5.74) is 4.32. The predicted octanol–water partition coefficient (Wildman–Crippen LogP) is 2.05. The van der Waals surface area contributed by atoms with Crippen molar-refractivity contribution in [1.29, 1.82) is 0 Å². The first-order chi connectivity index (χ1) is 8.48. The summed E-state index contributed by atoms with van der Waals surface area (Å²) in [6.07, 6.45) is 2.24. The van der Waals surface area contributed by atoms with Crippen LogP contribution in [0, 0.1) is 17.6 Å². The lowest BCUT2D eigenvalue weighted by atomic mass is 9.76. The average molecular weight is 255 g/mol. The summed E-state index contributed by atoms with van der Waals surface area (Å²) < 4.78 is 26.5. The first-order valence-corrected chi connectivity index (χ1v) is 5.88. The summed E-state index contributed by atoms with van der Waals surface area (Å²) in [6.45, 7) is -0.165. The van der Waals surface area contributed by atoms with E-state index >= 15 is 0 Å². The molecule has 5 heteroatoms. The fourth-order valence-electron chi connectivity index (χ4n) is 2.26. The van der Waals surface area contributed by atoms with E-state index in [2.05, 4.69) is 0 Å². The Balaban J connectivity index is 2.46. The molecule has 2 rings (SSSR count). The molecule has 1 aliphatic rings. The highest BCUT2D eigenvalue weighted by atomic mass is 19.1. The summed E-state index contributed by atoms with van der Waals surface area (Å²) >= 11 is 0. The third kappa shape index (κ3) is 2.36. The van der Waals surface area contributed by atoms with Crippen LogP contribution in [0.1, 0.15) is 24.8 Å². The molecule has 1 saturated carbocycles. The number of carboxylic acid groups (broad SMARTS) is 1. The van der Waals surface area contributed by atoms with Crippen molar-refractivity contribution < 1.29 is 18.7 Å². The molecule has 0 spiro atoms. The monoisotopic (exact) mass is 255 g/mol. The van der Waals surface area contributed by atoms with Gasteiger partial charge in [0, 0.05) is 12.6 Å². The lowest BCUT2D eigenvalue weighted by molar-refractivity contribution is -0.144. The first kappa shape index (κ1) is 13.0. The molecule has 3 nitrogen and oxygen atoms in total. The molecule has 0 heterocycles. The Morgan fingerprint density at radius 2 is 1.89 bits per heavy atom. The molecule has 0 bridgehead atoms. The third-order valence-corrected chi connectivity index (χ3v) is 3.51. The zero-order chi connectivity index (χ0) is 13.3. The topological polar surface area (TPSA) is 63.3 Å². The molecule has 98 valence electrons. The molecule has 0 saturated heterocycles. The molecule has 1 aliphatic carbocycles. The van der Waals surface area contributed by atoms with E-state index in [9.17, 15) is 18.7 Å². The minimum atomic E-state index is -1.38.